The molecule has 2 atom stereocenters. The number of hydrogen-bond donors (Lipinski definition) is 4. The number of piperidine rings is 1. The monoisotopic (exact) mass is 1050 g/mol. The van der Waals surface area contributed by atoms with Crippen LogP contribution in [0.25, 0.3) is 11.0 Å². The summed E-state index contributed by atoms with van der Waals surface area (Å²) in [5.41, 5.74) is 1.21. The second-order valence-electron chi connectivity index (χ2n) is 21.2. The Balaban J connectivity index is 0.877. The Morgan fingerprint density at radius 1 is 0.986 bits per heavy atom. The van der Waals surface area contributed by atoms with E-state index in [0.29, 0.717) is 64.1 Å². The van der Waals surface area contributed by atoms with E-state index in [0.717, 1.165) is 55.6 Å². The van der Waals surface area contributed by atoms with Crippen LogP contribution < -0.4 is 24.4 Å². The number of aromatic amines is 1. The molecule has 5 heterocycles. The lowest BCUT2D eigenvalue weighted by Crippen LogP contribution is -2.60. The van der Waals surface area contributed by atoms with Crippen molar-refractivity contribution in [2.24, 2.45) is 11.3 Å². The van der Waals surface area contributed by atoms with Gasteiger partial charge in [-0.2, -0.15) is 13.7 Å². The minimum atomic E-state index is -4.83. The van der Waals surface area contributed by atoms with Gasteiger partial charge in [0.25, 0.3) is 27.6 Å². The number of carbonyl (C=O) groups excluding carboxylic acids is 1. The lowest BCUT2D eigenvalue weighted by molar-refractivity contribution is -0.384. The number of anilines is 2. The molecule has 22 heteroatoms. The molecule has 390 valence electrons. The third-order valence-electron chi connectivity index (χ3n) is 16.0. The number of nitrogens with one attached hydrogen (secondary N) is 3. The van der Waals surface area contributed by atoms with Crippen molar-refractivity contribution >= 4 is 54.0 Å². The summed E-state index contributed by atoms with van der Waals surface area (Å²) in [4.78, 5) is 36.1. The van der Waals surface area contributed by atoms with E-state index < -0.39 is 64.6 Å². The van der Waals surface area contributed by atoms with Crippen LogP contribution in [0, 0.1) is 33.2 Å². The highest BCUT2D eigenvalue weighted by Crippen LogP contribution is 2.54. The topological polar surface area (TPSA) is 230 Å². The molecule has 2 aromatic heterocycles. The number of fused-ring (bicyclic) bond motifs is 2. The molecule has 4 fully saturated rings. The van der Waals surface area contributed by atoms with E-state index in [1.54, 1.807) is 17.3 Å². The van der Waals surface area contributed by atoms with E-state index >= 15 is 4.39 Å². The molecule has 73 heavy (non-hydrogen) atoms. The molecule has 1 spiro atoms. The Bertz CT molecular complexity index is 3200. The number of nitro groups is 1. The van der Waals surface area contributed by atoms with Crippen molar-refractivity contribution in [3.63, 3.8) is 0 Å². The quantitative estimate of drug-likeness (QED) is 0.0528. The van der Waals surface area contributed by atoms with Crippen molar-refractivity contribution in [3.05, 3.63) is 105 Å². The first-order valence-corrected chi connectivity index (χ1v) is 28.1. The van der Waals surface area contributed by atoms with Crippen LogP contribution in [0.1, 0.15) is 106 Å². The number of H-pyrrole nitrogens is 1. The number of sulfonamides is 2. The molecule has 18 nitrogen and oxygen atoms in total. The summed E-state index contributed by atoms with van der Waals surface area (Å²) in [6.45, 7) is 8.81. The smallest absolute Gasteiger partial charge is 0.297 e. The zero-order valence-electron chi connectivity index (χ0n) is 41.1. The molecule has 0 radical (unpaired) electrons. The van der Waals surface area contributed by atoms with Gasteiger partial charge in [0, 0.05) is 74.9 Å². The predicted molar refractivity (Wildman–Crippen MR) is 269 cm³/mol. The number of ether oxygens (including phenoxy) is 2. The first-order chi connectivity index (χ1) is 34.6. The second-order valence-corrected chi connectivity index (χ2v) is 24.9. The van der Waals surface area contributed by atoms with Crippen molar-refractivity contribution in [1.29, 1.82) is 0 Å². The van der Waals surface area contributed by atoms with E-state index in [2.05, 4.69) is 51.1 Å². The highest BCUT2D eigenvalue weighted by molar-refractivity contribution is 7.90. The largest absolute Gasteiger partial charge is 0.489 e. The number of aromatic nitrogens is 2. The Morgan fingerprint density at radius 2 is 1.71 bits per heavy atom. The van der Waals surface area contributed by atoms with Gasteiger partial charge in [-0.25, -0.2) is 25.9 Å². The summed E-state index contributed by atoms with van der Waals surface area (Å²) in [6.07, 6.45) is 8.24. The molecule has 5 aliphatic rings. The number of rotatable bonds is 12. The van der Waals surface area contributed by atoms with E-state index in [1.165, 1.54) is 24.0 Å². The van der Waals surface area contributed by atoms with Crippen molar-refractivity contribution in [1.82, 2.24) is 23.9 Å². The second kappa shape index (κ2) is 19.1. The third-order valence-corrected chi connectivity index (χ3v) is 18.6. The summed E-state index contributed by atoms with van der Waals surface area (Å²) in [6, 6.07) is 15.6. The Morgan fingerprint density at radius 3 is 2.41 bits per heavy atom. The van der Waals surface area contributed by atoms with Gasteiger partial charge in [-0.3, -0.25) is 19.8 Å². The zero-order chi connectivity index (χ0) is 51.8. The van der Waals surface area contributed by atoms with Crippen LogP contribution in [0.5, 0.6) is 17.2 Å². The number of aliphatic hydroxyl groups is 1. The molecule has 2 saturated heterocycles. The minimum absolute atomic E-state index is 0.00393. The van der Waals surface area contributed by atoms with Crippen LogP contribution >= 0.6 is 0 Å². The number of nitrogens with zero attached hydrogens (tertiary/aromatic N) is 5. The highest BCUT2D eigenvalue weighted by Gasteiger charge is 2.51. The van der Waals surface area contributed by atoms with E-state index in [9.17, 15) is 41.2 Å². The maximum atomic E-state index is 15.5. The number of amides is 1. The molecule has 3 aromatic carbocycles. The Labute approximate surface area is 422 Å². The number of pyridine rings is 1. The number of piperazine rings is 1. The molecule has 10 rings (SSSR count). The Kier molecular flexibility index (Phi) is 13.2. The number of hydrogen-bond acceptors (Lipinski definition) is 14. The number of halogens is 2. The molecule has 0 bridgehead atoms. The standard InChI is InChI=1S/C51H60F2N8O10S2/c1-30(2)35-7-5-6-8-36(35)42-28-59(72(4,66)67)19-20-60(42)33-25-51(26-33)15-17-58(18-16-51)32-9-10-37(43(21-32)71-45-24-38-39(52)27-54-48(38)56-47(45)53)49(62)57-73(68,69)34-22-41(61(64)65)46-44(23-34)70-29-40(55-46)31-11-13-50(3,63)14-12-31/h5-10,21-24,27,30-31,33,40,42,55,63H,11-20,25-26,28-29H2,1-4H3,(H,54,56)(H,57,62)/t31-,40-,42+,50-/m1/s1. The number of nitro benzene ring substituents is 1. The summed E-state index contributed by atoms with van der Waals surface area (Å²) < 4.78 is 99.4. The van der Waals surface area contributed by atoms with Gasteiger partial charge in [-0.15, -0.1) is 0 Å². The van der Waals surface area contributed by atoms with Gasteiger partial charge in [0.2, 0.25) is 10.0 Å². The van der Waals surface area contributed by atoms with Crippen LogP contribution in [0.2, 0.25) is 0 Å². The maximum Gasteiger partial charge on any atom is 0.297 e. The average Bonchev–Trinajstić information content (AvgIpc) is 3.70. The molecular formula is C51H60F2N8O10S2. The lowest BCUT2D eigenvalue weighted by atomic mass is 9.59. The van der Waals surface area contributed by atoms with Gasteiger partial charge in [0.1, 0.15) is 23.8 Å². The zero-order valence-corrected chi connectivity index (χ0v) is 42.7. The molecule has 2 aliphatic carbocycles. The van der Waals surface area contributed by atoms with Gasteiger partial charge in [0.05, 0.1) is 38.7 Å². The van der Waals surface area contributed by atoms with Crippen molar-refractivity contribution in [3.8, 4) is 17.2 Å². The fourth-order valence-corrected chi connectivity index (χ4v) is 13.6. The fraction of sp³-hybridized carbons (Fsp3) is 0.490. The maximum absolute atomic E-state index is 15.5. The molecular weight excluding hydrogens is 987 g/mol. The van der Waals surface area contributed by atoms with Crippen LogP contribution in [-0.2, 0) is 20.0 Å². The first kappa shape index (κ1) is 50.6. The van der Waals surface area contributed by atoms with Gasteiger partial charge in [-0.1, -0.05) is 38.1 Å². The van der Waals surface area contributed by atoms with Crippen LogP contribution in [0.4, 0.5) is 25.8 Å². The Hall–Kier alpha value is -5.94. The molecule has 1 amide bonds. The SMILES string of the molecule is CC(C)c1ccccc1[C@@H]1CN(S(C)(=O)=O)CCN1C1CC2(CCN(c3ccc(C(=O)NS(=O)(=O)c4cc5c(c([N+](=O)[O-])c4)N[C@@H]([C@H]4CC[C@](C)(O)CC4)CO5)c(Oc4cc5c(F)c[nH]c5nc4F)c3)CC2)C1. The third kappa shape index (κ3) is 10.1. The normalized spacial score (nSPS) is 23.9. The summed E-state index contributed by atoms with van der Waals surface area (Å²) in [5, 5.41) is 26.0. The molecule has 5 aromatic rings. The molecule has 4 N–H and O–H groups in total. The fourth-order valence-electron chi connectivity index (χ4n) is 11.8. The van der Waals surface area contributed by atoms with Gasteiger partial charge >= 0.3 is 0 Å². The van der Waals surface area contributed by atoms with Gasteiger partial charge < -0.3 is 29.8 Å². The predicted octanol–water partition coefficient (Wildman–Crippen LogP) is 7.97. The highest BCUT2D eigenvalue weighted by atomic mass is 32.2. The van der Waals surface area contributed by atoms with Gasteiger partial charge in [-0.05, 0) is 105 Å². The summed E-state index contributed by atoms with van der Waals surface area (Å²) in [5.74, 6) is -3.62. The lowest BCUT2D eigenvalue weighted by Gasteiger charge is -2.58. The minimum Gasteiger partial charge on any atom is -0.489 e. The van der Waals surface area contributed by atoms with Crippen molar-refractivity contribution in [2.75, 3.05) is 55.8 Å². The number of carbonyl (C=O) groups is 1. The first-order valence-electron chi connectivity index (χ1n) is 24.8. The van der Waals surface area contributed by atoms with E-state index in [4.69, 9.17) is 9.47 Å². The average molecular weight is 1050 g/mol. The van der Waals surface area contributed by atoms with Crippen molar-refractivity contribution in [2.45, 2.75) is 107 Å². The van der Waals surface area contributed by atoms with Crippen LogP contribution in [0.3, 0.4) is 0 Å². The summed E-state index contributed by atoms with van der Waals surface area (Å²) in [7, 11) is -8.23. The molecule has 0 unspecified atom stereocenters. The van der Waals surface area contributed by atoms with Crippen LogP contribution in [-0.4, -0.2) is 115 Å². The number of benzene rings is 3. The molecule has 2 saturated carbocycles. The van der Waals surface area contributed by atoms with Crippen LogP contribution in [0.15, 0.2) is 71.8 Å². The molecule has 3 aliphatic heterocycles. The van der Waals surface area contributed by atoms with Gasteiger partial charge in [0.15, 0.2) is 17.2 Å². The summed E-state index contributed by atoms with van der Waals surface area (Å²) >= 11 is 0. The van der Waals surface area contributed by atoms with E-state index in [1.807, 2.05) is 16.9 Å². The van der Waals surface area contributed by atoms with Crippen molar-refractivity contribution < 1.29 is 49.9 Å². The van der Waals surface area contributed by atoms with E-state index in [-0.39, 0.29) is 75.8 Å².